The first kappa shape index (κ1) is 16.2. The van der Waals surface area contributed by atoms with Crippen LogP contribution in [-0.2, 0) is 0 Å². The fourth-order valence-corrected chi connectivity index (χ4v) is 2.79. The molecule has 1 heterocycles. The van der Waals surface area contributed by atoms with E-state index in [9.17, 15) is 5.11 Å². The van der Waals surface area contributed by atoms with Crippen molar-refractivity contribution < 1.29 is 5.11 Å². The second kappa shape index (κ2) is 6.94. The summed E-state index contributed by atoms with van der Waals surface area (Å²) in [4.78, 5) is 13.7. The predicted molar refractivity (Wildman–Crippen MR) is 103 cm³/mol. The van der Waals surface area contributed by atoms with Crippen molar-refractivity contribution in [1.29, 1.82) is 0 Å². The van der Waals surface area contributed by atoms with E-state index >= 15 is 0 Å². The van der Waals surface area contributed by atoms with Gasteiger partial charge in [-0.05, 0) is 18.2 Å². The van der Waals surface area contributed by atoms with Crippen molar-refractivity contribution in [2.24, 2.45) is 0 Å². The zero-order chi connectivity index (χ0) is 17.9. The van der Waals surface area contributed by atoms with Crippen LogP contribution in [0.3, 0.4) is 0 Å². The van der Waals surface area contributed by atoms with Crippen LogP contribution in [0.25, 0.3) is 34.2 Å². The third-order valence-electron chi connectivity index (χ3n) is 3.90. The van der Waals surface area contributed by atoms with Crippen LogP contribution >= 0.6 is 11.6 Å². The fourth-order valence-electron chi connectivity index (χ4n) is 2.62. The molecule has 1 aromatic heterocycles. The van der Waals surface area contributed by atoms with Crippen LogP contribution in [0, 0.1) is 0 Å². The van der Waals surface area contributed by atoms with Crippen molar-refractivity contribution in [1.82, 2.24) is 15.0 Å². The van der Waals surface area contributed by atoms with Gasteiger partial charge in [0.25, 0.3) is 0 Å². The molecule has 4 rings (SSSR count). The van der Waals surface area contributed by atoms with Gasteiger partial charge in [0.05, 0.1) is 5.56 Å². The van der Waals surface area contributed by atoms with Crippen molar-refractivity contribution in [3.05, 3.63) is 83.9 Å². The van der Waals surface area contributed by atoms with Gasteiger partial charge in [-0.25, -0.2) is 15.0 Å². The third-order valence-corrected chi connectivity index (χ3v) is 4.14. The minimum Gasteiger partial charge on any atom is -0.507 e. The van der Waals surface area contributed by atoms with Crippen molar-refractivity contribution >= 4 is 11.6 Å². The maximum absolute atomic E-state index is 10.3. The van der Waals surface area contributed by atoms with E-state index in [4.69, 9.17) is 11.6 Å². The van der Waals surface area contributed by atoms with Crippen LogP contribution < -0.4 is 0 Å². The molecule has 0 aliphatic carbocycles. The molecule has 126 valence electrons. The van der Waals surface area contributed by atoms with Crippen molar-refractivity contribution in [3.8, 4) is 39.9 Å². The van der Waals surface area contributed by atoms with Crippen molar-refractivity contribution in [3.63, 3.8) is 0 Å². The van der Waals surface area contributed by atoms with Gasteiger partial charge in [0.2, 0.25) is 0 Å². The van der Waals surface area contributed by atoms with E-state index < -0.39 is 0 Å². The molecule has 1 N–H and O–H groups in total. The maximum Gasteiger partial charge on any atom is 0.167 e. The molecule has 0 bridgehead atoms. The molecule has 0 aliphatic rings. The van der Waals surface area contributed by atoms with Gasteiger partial charge in [0, 0.05) is 16.1 Å². The van der Waals surface area contributed by atoms with E-state index in [1.54, 1.807) is 12.1 Å². The van der Waals surface area contributed by atoms with Gasteiger partial charge < -0.3 is 5.11 Å². The Balaban J connectivity index is 1.94. The summed E-state index contributed by atoms with van der Waals surface area (Å²) in [6, 6.07) is 24.2. The average Bonchev–Trinajstić information content (AvgIpc) is 2.69. The second-order valence-corrected chi connectivity index (χ2v) is 6.14. The van der Waals surface area contributed by atoms with Crippen molar-refractivity contribution in [2.45, 2.75) is 0 Å². The van der Waals surface area contributed by atoms with Gasteiger partial charge in [0.1, 0.15) is 5.75 Å². The first-order valence-electron chi connectivity index (χ1n) is 8.06. The number of phenolic OH excluding ortho intramolecular Hbond substituents is 1. The highest BCUT2D eigenvalue weighted by molar-refractivity contribution is 6.30. The molecule has 5 heteroatoms. The molecule has 0 spiro atoms. The lowest BCUT2D eigenvalue weighted by Gasteiger charge is -2.09. The molecule has 0 fully saturated rings. The SMILES string of the molecule is Oc1cc(Cl)ccc1-c1nc(-c2ccccc2)nc(-c2ccccc2)n1. The Bertz CT molecular complexity index is 996. The zero-order valence-electron chi connectivity index (χ0n) is 13.7. The molecule has 0 aliphatic heterocycles. The molecule has 4 nitrogen and oxygen atoms in total. The number of hydrogen-bond acceptors (Lipinski definition) is 4. The monoisotopic (exact) mass is 359 g/mol. The topological polar surface area (TPSA) is 58.9 Å². The van der Waals surface area contributed by atoms with Crippen LogP contribution in [-0.4, -0.2) is 20.1 Å². The Kier molecular flexibility index (Phi) is 4.33. The van der Waals surface area contributed by atoms with E-state index in [0.717, 1.165) is 11.1 Å². The number of aromatic nitrogens is 3. The number of aromatic hydroxyl groups is 1. The van der Waals surface area contributed by atoms with E-state index in [1.807, 2.05) is 60.7 Å². The molecule has 3 aromatic carbocycles. The van der Waals surface area contributed by atoms with Crippen LogP contribution in [0.5, 0.6) is 5.75 Å². The summed E-state index contributed by atoms with van der Waals surface area (Å²) < 4.78 is 0. The van der Waals surface area contributed by atoms with Crippen LogP contribution in [0.4, 0.5) is 0 Å². The Labute approximate surface area is 155 Å². The molecule has 0 amide bonds. The number of halogens is 1. The minimum atomic E-state index is 0.0294. The lowest BCUT2D eigenvalue weighted by molar-refractivity contribution is 0.477. The van der Waals surface area contributed by atoms with E-state index in [1.165, 1.54) is 6.07 Å². The maximum atomic E-state index is 10.3. The quantitative estimate of drug-likeness (QED) is 0.544. The number of benzene rings is 3. The predicted octanol–water partition coefficient (Wildman–Crippen LogP) is 5.23. The molecular formula is C21H14ClN3O. The molecule has 0 unspecified atom stereocenters. The Morgan fingerprint density at radius 1 is 0.615 bits per heavy atom. The highest BCUT2D eigenvalue weighted by Gasteiger charge is 2.14. The number of phenols is 1. The zero-order valence-corrected chi connectivity index (χ0v) is 14.4. The van der Waals surface area contributed by atoms with Gasteiger partial charge in [-0.15, -0.1) is 0 Å². The Hall–Kier alpha value is -3.24. The van der Waals surface area contributed by atoms with Crippen LogP contribution in [0.2, 0.25) is 5.02 Å². The van der Waals surface area contributed by atoms with Crippen LogP contribution in [0.15, 0.2) is 78.9 Å². The standard InChI is InChI=1S/C21H14ClN3O/c22-16-11-12-17(18(26)13-16)21-24-19(14-7-3-1-4-8-14)23-20(25-21)15-9-5-2-6-10-15/h1-13,26H. The summed E-state index contributed by atoms with van der Waals surface area (Å²) in [5.74, 6) is 1.52. The normalized spacial score (nSPS) is 10.7. The van der Waals surface area contributed by atoms with Gasteiger partial charge in [0.15, 0.2) is 17.5 Å². The van der Waals surface area contributed by atoms with Gasteiger partial charge in [-0.2, -0.15) is 0 Å². The van der Waals surface area contributed by atoms with Crippen LogP contribution in [0.1, 0.15) is 0 Å². The molecule has 0 radical (unpaired) electrons. The molecular weight excluding hydrogens is 346 g/mol. The second-order valence-electron chi connectivity index (χ2n) is 5.70. The lowest BCUT2D eigenvalue weighted by Crippen LogP contribution is -2.00. The summed E-state index contributed by atoms with van der Waals surface area (Å²) >= 11 is 5.95. The summed E-state index contributed by atoms with van der Waals surface area (Å²) in [6.45, 7) is 0. The summed E-state index contributed by atoms with van der Waals surface area (Å²) in [5, 5.41) is 10.7. The Morgan fingerprint density at radius 2 is 1.12 bits per heavy atom. The highest BCUT2D eigenvalue weighted by atomic mass is 35.5. The van der Waals surface area contributed by atoms with E-state index in [-0.39, 0.29) is 5.75 Å². The molecule has 26 heavy (non-hydrogen) atoms. The molecule has 0 saturated heterocycles. The number of nitrogens with zero attached hydrogens (tertiary/aromatic N) is 3. The number of rotatable bonds is 3. The molecule has 0 atom stereocenters. The molecule has 0 saturated carbocycles. The van der Waals surface area contributed by atoms with Crippen molar-refractivity contribution in [2.75, 3.05) is 0 Å². The summed E-state index contributed by atoms with van der Waals surface area (Å²) in [6.07, 6.45) is 0. The largest absolute Gasteiger partial charge is 0.507 e. The van der Waals surface area contributed by atoms with E-state index in [0.29, 0.717) is 28.1 Å². The minimum absolute atomic E-state index is 0.0294. The first-order valence-corrected chi connectivity index (χ1v) is 8.44. The van der Waals surface area contributed by atoms with E-state index in [2.05, 4.69) is 15.0 Å². The summed E-state index contributed by atoms with van der Waals surface area (Å²) in [5.41, 5.74) is 2.26. The number of hydrogen-bond donors (Lipinski definition) is 1. The van der Waals surface area contributed by atoms with Gasteiger partial charge >= 0.3 is 0 Å². The first-order chi connectivity index (χ1) is 12.7. The summed E-state index contributed by atoms with van der Waals surface area (Å²) in [7, 11) is 0. The van der Waals surface area contributed by atoms with Gasteiger partial charge in [-0.1, -0.05) is 72.3 Å². The third kappa shape index (κ3) is 3.27. The van der Waals surface area contributed by atoms with Gasteiger partial charge in [-0.3, -0.25) is 0 Å². The Morgan fingerprint density at radius 3 is 1.62 bits per heavy atom. The molecule has 4 aromatic rings. The average molecular weight is 360 g/mol. The lowest BCUT2D eigenvalue weighted by atomic mass is 10.1. The highest BCUT2D eigenvalue weighted by Crippen LogP contribution is 2.31. The fraction of sp³-hybridized carbons (Fsp3) is 0. The smallest absolute Gasteiger partial charge is 0.167 e.